The molecule has 2 aromatic rings. The molecule has 160 valence electrons. The lowest BCUT2D eigenvalue weighted by atomic mass is 10.1. The SMILES string of the molecule is Cc1ccc(CCC(=O)N2CCN(C(=O)CN3C(=O)c4ccccc4C3=O)CC2)cc1. The number of carbonyl (C=O) groups is 4. The summed E-state index contributed by atoms with van der Waals surface area (Å²) in [6.45, 7) is 3.48. The molecule has 1 fully saturated rings. The summed E-state index contributed by atoms with van der Waals surface area (Å²) in [5.74, 6) is -1.06. The van der Waals surface area contributed by atoms with Crippen molar-refractivity contribution in [3.8, 4) is 0 Å². The van der Waals surface area contributed by atoms with Crippen molar-refractivity contribution < 1.29 is 19.2 Å². The van der Waals surface area contributed by atoms with Gasteiger partial charge < -0.3 is 9.80 Å². The van der Waals surface area contributed by atoms with Gasteiger partial charge in [-0.1, -0.05) is 42.0 Å². The number of hydrogen-bond acceptors (Lipinski definition) is 4. The van der Waals surface area contributed by atoms with E-state index in [2.05, 4.69) is 0 Å². The lowest BCUT2D eigenvalue weighted by Gasteiger charge is -2.35. The molecule has 31 heavy (non-hydrogen) atoms. The van der Waals surface area contributed by atoms with Gasteiger partial charge in [0.1, 0.15) is 6.54 Å². The monoisotopic (exact) mass is 419 g/mol. The van der Waals surface area contributed by atoms with E-state index >= 15 is 0 Å². The number of imide groups is 1. The van der Waals surface area contributed by atoms with Gasteiger partial charge in [-0.15, -0.1) is 0 Å². The Labute approximate surface area is 181 Å². The molecule has 4 amide bonds. The second-order valence-electron chi connectivity index (χ2n) is 7.99. The molecule has 0 aromatic heterocycles. The third-order valence-corrected chi connectivity index (χ3v) is 5.90. The molecular weight excluding hydrogens is 394 g/mol. The van der Waals surface area contributed by atoms with Crippen LogP contribution in [0, 0.1) is 6.92 Å². The standard InChI is InChI=1S/C24H25N3O4/c1-17-6-8-18(9-7-17)10-11-21(28)25-12-14-26(15-13-25)22(29)16-27-23(30)19-4-2-3-5-20(19)24(27)31/h2-9H,10-16H2,1H3. The number of aryl methyl sites for hydroxylation is 2. The first-order valence-corrected chi connectivity index (χ1v) is 10.5. The van der Waals surface area contributed by atoms with Crippen molar-refractivity contribution in [3.05, 3.63) is 70.8 Å². The average Bonchev–Trinajstić information content (AvgIpc) is 3.03. The smallest absolute Gasteiger partial charge is 0.262 e. The molecule has 7 nitrogen and oxygen atoms in total. The summed E-state index contributed by atoms with van der Waals surface area (Å²) in [6.07, 6.45) is 1.13. The quantitative estimate of drug-likeness (QED) is 0.694. The first-order chi connectivity index (χ1) is 14.9. The molecule has 2 aliphatic rings. The molecule has 0 bridgehead atoms. The van der Waals surface area contributed by atoms with Crippen LogP contribution in [0.25, 0.3) is 0 Å². The first-order valence-electron chi connectivity index (χ1n) is 10.5. The molecule has 2 heterocycles. The van der Waals surface area contributed by atoms with E-state index in [9.17, 15) is 19.2 Å². The van der Waals surface area contributed by atoms with Gasteiger partial charge in [-0.25, -0.2) is 0 Å². The highest BCUT2D eigenvalue weighted by Crippen LogP contribution is 2.22. The Morgan fingerprint density at radius 3 is 1.84 bits per heavy atom. The predicted molar refractivity (Wildman–Crippen MR) is 114 cm³/mol. The van der Waals surface area contributed by atoms with Crippen LogP contribution in [0.5, 0.6) is 0 Å². The van der Waals surface area contributed by atoms with Gasteiger partial charge in [-0.3, -0.25) is 24.1 Å². The number of nitrogens with zero attached hydrogens (tertiary/aromatic N) is 3. The van der Waals surface area contributed by atoms with E-state index in [1.165, 1.54) is 5.56 Å². The van der Waals surface area contributed by atoms with Crippen LogP contribution in [0.3, 0.4) is 0 Å². The van der Waals surface area contributed by atoms with Gasteiger partial charge in [0.15, 0.2) is 0 Å². The van der Waals surface area contributed by atoms with Crippen LogP contribution in [0.1, 0.15) is 38.3 Å². The van der Waals surface area contributed by atoms with Crippen LogP contribution in [0.4, 0.5) is 0 Å². The van der Waals surface area contributed by atoms with Gasteiger partial charge in [-0.05, 0) is 31.0 Å². The summed E-state index contributed by atoms with van der Waals surface area (Å²) < 4.78 is 0. The first kappa shape index (κ1) is 20.8. The topological polar surface area (TPSA) is 78.0 Å². The van der Waals surface area contributed by atoms with E-state index in [0.29, 0.717) is 50.1 Å². The zero-order chi connectivity index (χ0) is 22.0. The van der Waals surface area contributed by atoms with Crippen LogP contribution < -0.4 is 0 Å². The van der Waals surface area contributed by atoms with Gasteiger partial charge in [0.05, 0.1) is 11.1 Å². The van der Waals surface area contributed by atoms with E-state index < -0.39 is 11.8 Å². The van der Waals surface area contributed by atoms with Crippen LogP contribution in [0.15, 0.2) is 48.5 Å². The molecule has 0 saturated carbocycles. The Morgan fingerprint density at radius 2 is 1.29 bits per heavy atom. The average molecular weight is 419 g/mol. The van der Waals surface area contributed by atoms with E-state index in [1.807, 2.05) is 31.2 Å². The summed E-state index contributed by atoms with van der Waals surface area (Å²) in [6, 6.07) is 14.8. The maximum absolute atomic E-state index is 12.7. The Hall–Kier alpha value is -3.48. The molecule has 0 atom stereocenters. The number of hydrogen-bond donors (Lipinski definition) is 0. The molecule has 0 spiro atoms. The highest BCUT2D eigenvalue weighted by molar-refractivity contribution is 6.22. The molecule has 2 aromatic carbocycles. The molecule has 2 aliphatic heterocycles. The summed E-state index contributed by atoms with van der Waals surface area (Å²) >= 11 is 0. The maximum atomic E-state index is 12.7. The van der Waals surface area contributed by atoms with Crippen molar-refractivity contribution >= 4 is 23.6 Å². The fraction of sp³-hybridized carbons (Fsp3) is 0.333. The maximum Gasteiger partial charge on any atom is 0.262 e. The van der Waals surface area contributed by atoms with E-state index in [1.54, 1.807) is 34.1 Å². The number of piperazine rings is 1. The normalized spacial score (nSPS) is 16.0. The second-order valence-corrected chi connectivity index (χ2v) is 7.99. The van der Waals surface area contributed by atoms with Gasteiger partial charge in [0.25, 0.3) is 11.8 Å². The van der Waals surface area contributed by atoms with Gasteiger partial charge in [0, 0.05) is 32.6 Å². The van der Waals surface area contributed by atoms with Gasteiger partial charge in [0.2, 0.25) is 11.8 Å². The molecular formula is C24H25N3O4. The Bertz CT molecular complexity index is 988. The zero-order valence-electron chi connectivity index (χ0n) is 17.5. The number of fused-ring (bicyclic) bond motifs is 1. The van der Waals surface area contributed by atoms with E-state index in [0.717, 1.165) is 10.5 Å². The number of amides is 4. The Balaban J connectivity index is 1.26. The summed E-state index contributed by atoms with van der Waals surface area (Å²) in [7, 11) is 0. The third kappa shape index (κ3) is 4.35. The fourth-order valence-corrected chi connectivity index (χ4v) is 3.99. The molecule has 4 rings (SSSR count). The molecule has 7 heteroatoms. The molecule has 1 saturated heterocycles. The highest BCUT2D eigenvalue weighted by Gasteiger charge is 2.37. The van der Waals surface area contributed by atoms with Crippen molar-refractivity contribution in [2.45, 2.75) is 19.8 Å². The minimum atomic E-state index is -0.432. The van der Waals surface area contributed by atoms with Crippen molar-refractivity contribution in [1.82, 2.24) is 14.7 Å². The Morgan fingerprint density at radius 1 is 0.774 bits per heavy atom. The summed E-state index contributed by atoms with van der Waals surface area (Å²) in [4.78, 5) is 54.5. The molecule has 0 N–H and O–H groups in total. The van der Waals surface area contributed by atoms with Crippen LogP contribution in [0.2, 0.25) is 0 Å². The largest absolute Gasteiger partial charge is 0.339 e. The molecule has 0 aliphatic carbocycles. The highest BCUT2D eigenvalue weighted by atomic mass is 16.2. The van der Waals surface area contributed by atoms with Crippen LogP contribution in [-0.2, 0) is 16.0 Å². The minimum Gasteiger partial charge on any atom is -0.339 e. The van der Waals surface area contributed by atoms with Gasteiger partial charge >= 0.3 is 0 Å². The lowest BCUT2D eigenvalue weighted by Crippen LogP contribution is -2.53. The molecule has 0 radical (unpaired) electrons. The van der Waals surface area contributed by atoms with Crippen molar-refractivity contribution in [2.75, 3.05) is 32.7 Å². The summed E-state index contributed by atoms with van der Waals surface area (Å²) in [5, 5.41) is 0. The molecule has 0 unspecified atom stereocenters. The van der Waals surface area contributed by atoms with Crippen molar-refractivity contribution in [1.29, 1.82) is 0 Å². The van der Waals surface area contributed by atoms with Crippen LogP contribution >= 0.6 is 0 Å². The van der Waals surface area contributed by atoms with Crippen molar-refractivity contribution in [3.63, 3.8) is 0 Å². The summed E-state index contributed by atoms with van der Waals surface area (Å²) in [5.41, 5.74) is 3.00. The minimum absolute atomic E-state index is 0.0769. The third-order valence-electron chi connectivity index (χ3n) is 5.90. The van der Waals surface area contributed by atoms with Gasteiger partial charge in [-0.2, -0.15) is 0 Å². The number of rotatable bonds is 5. The fourth-order valence-electron chi connectivity index (χ4n) is 3.99. The predicted octanol–water partition coefficient (Wildman–Crippen LogP) is 1.89. The van der Waals surface area contributed by atoms with Crippen LogP contribution in [-0.4, -0.2) is 71.1 Å². The lowest BCUT2D eigenvalue weighted by molar-refractivity contribution is -0.139. The number of benzene rings is 2. The van der Waals surface area contributed by atoms with E-state index in [4.69, 9.17) is 0 Å². The number of carbonyl (C=O) groups excluding carboxylic acids is 4. The van der Waals surface area contributed by atoms with E-state index in [-0.39, 0.29) is 18.4 Å². The second kappa shape index (κ2) is 8.71. The Kier molecular flexibility index (Phi) is 5.84. The van der Waals surface area contributed by atoms with Crippen molar-refractivity contribution in [2.24, 2.45) is 0 Å². The zero-order valence-corrected chi connectivity index (χ0v) is 17.5.